The van der Waals surface area contributed by atoms with E-state index in [-0.39, 0.29) is 4.90 Å². The zero-order chi connectivity index (χ0) is 15.5. The summed E-state index contributed by atoms with van der Waals surface area (Å²) >= 11 is 0. The van der Waals surface area contributed by atoms with Crippen molar-refractivity contribution in [2.45, 2.75) is 44.9 Å². The molecule has 0 bridgehead atoms. The second-order valence-corrected chi connectivity index (χ2v) is 7.58. The number of aromatic nitrogens is 1. The number of aryl methyl sites for hydroxylation is 2. The molecule has 1 N–H and O–H groups in total. The molecular formula is C14H25N3O3S. The molecule has 0 unspecified atom stereocenters. The van der Waals surface area contributed by atoms with Gasteiger partial charge >= 0.3 is 0 Å². The van der Waals surface area contributed by atoms with E-state index in [9.17, 15) is 8.42 Å². The molecule has 0 aliphatic carbocycles. The van der Waals surface area contributed by atoms with Crippen LogP contribution in [0.3, 0.4) is 0 Å². The highest BCUT2D eigenvalue weighted by Gasteiger charge is 2.32. The van der Waals surface area contributed by atoms with Gasteiger partial charge in [0, 0.05) is 13.1 Å². The summed E-state index contributed by atoms with van der Waals surface area (Å²) in [6.07, 6.45) is 2.85. The van der Waals surface area contributed by atoms with E-state index in [2.05, 4.69) is 10.5 Å². The topological polar surface area (TPSA) is 75.4 Å². The average molecular weight is 315 g/mol. The van der Waals surface area contributed by atoms with Crippen LogP contribution in [0.15, 0.2) is 9.42 Å². The first kappa shape index (κ1) is 16.5. The Balaban J connectivity index is 2.23. The van der Waals surface area contributed by atoms with E-state index in [0.29, 0.717) is 30.5 Å². The molecular weight excluding hydrogens is 290 g/mol. The molecule has 0 atom stereocenters. The van der Waals surface area contributed by atoms with E-state index < -0.39 is 10.0 Å². The molecule has 120 valence electrons. The van der Waals surface area contributed by atoms with E-state index in [0.717, 1.165) is 32.4 Å². The largest absolute Gasteiger partial charge is 0.360 e. The zero-order valence-electron chi connectivity index (χ0n) is 13.1. The summed E-state index contributed by atoms with van der Waals surface area (Å²) in [7, 11) is -3.52. The lowest BCUT2D eigenvalue weighted by atomic mass is 9.98. The SMILES string of the molecule is CCCN(CC1CCNCC1)S(=O)(=O)c1c(C)noc1C. The molecule has 0 aromatic carbocycles. The van der Waals surface area contributed by atoms with Crippen LogP contribution in [-0.4, -0.2) is 44.1 Å². The Labute approximate surface area is 126 Å². The highest BCUT2D eigenvalue weighted by Crippen LogP contribution is 2.25. The van der Waals surface area contributed by atoms with Crippen LogP contribution in [0.2, 0.25) is 0 Å². The fourth-order valence-corrected chi connectivity index (χ4v) is 4.78. The van der Waals surface area contributed by atoms with Gasteiger partial charge in [-0.05, 0) is 52.1 Å². The molecule has 0 saturated carbocycles. The van der Waals surface area contributed by atoms with Crippen LogP contribution < -0.4 is 5.32 Å². The molecule has 1 fully saturated rings. The molecule has 0 amide bonds. The third-order valence-electron chi connectivity index (χ3n) is 3.96. The van der Waals surface area contributed by atoms with Gasteiger partial charge < -0.3 is 9.84 Å². The Hall–Kier alpha value is -0.920. The third-order valence-corrected chi connectivity index (χ3v) is 6.07. The van der Waals surface area contributed by atoms with E-state index >= 15 is 0 Å². The Kier molecular flexibility index (Phi) is 5.40. The highest BCUT2D eigenvalue weighted by molar-refractivity contribution is 7.89. The van der Waals surface area contributed by atoms with E-state index in [4.69, 9.17) is 4.52 Å². The van der Waals surface area contributed by atoms with Crippen molar-refractivity contribution < 1.29 is 12.9 Å². The summed E-state index contributed by atoms with van der Waals surface area (Å²) < 4.78 is 32.5. The van der Waals surface area contributed by atoms with Crippen molar-refractivity contribution in [2.75, 3.05) is 26.2 Å². The van der Waals surface area contributed by atoms with Gasteiger partial charge in [-0.2, -0.15) is 4.31 Å². The lowest BCUT2D eigenvalue weighted by Gasteiger charge is -2.29. The number of sulfonamides is 1. The van der Waals surface area contributed by atoms with Gasteiger partial charge in [-0.15, -0.1) is 0 Å². The van der Waals surface area contributed by atoms with Gasteiger partial charge in [0.25, 0.3) is 0 Å². The molecule has 1 aromatic rings. The molecule has 0 spiro atoms. The standard InChI is InChI=1S/C14H25N3O3S/c1-4-9-17(10-13-5-7-15-8-6-13)21(18,19)14-11(2)16-20-12(14)3/h13,15H,4-10H2,1-3H3. The monoisotopic (exact) mass is 315 g/mol. The van der Waals surface area contributed by atoms with Crippen molar-refractivity contribution in [1.29, 1.82) is 0 Å². The van der Waals surface area contributed by atoms with Gasteiger partial charge in [-0.3, -0.25) is 0 Å². The lowest BCUT2D eigenvalue weighted by Crippen LogP contribution is -2.40. The predicted molar refractivity (Wildman–Crippen MR) is 80.6 cm³/mol. The number of rotatable bonds is 6. The summed E-state index contributed by atoms with van der Waals surface area (Å²) in [6.45, 7) is 8.39. The summed E-state index contributed by atoms with van der Waals surface area (Å²) in [6, 6.07) is 0. The molecule has 7 heteroatoms. The van der Waals surface area contributed by atoms with Gasteiger partial charge in [0.2, 0.25) is 10.0 Å². The molecule has 2 rings (SSSR count). The quantitative estimate of drug-likeness (QED) is 0.864. The second kappa shape index (κ2) is 6.89. The summed E-state index contributed by atoms with van der Waals surface area (Å²) in [4.78, 5) is 0.241. The smallest absolute Gasteiger partial charge is 0.248 e. The van der Waals surface area contributed by atoms with Crippen molar-refractivity contribution in [2.24, 2.45) is 5.92 Å². The van der Waals surface area contributed by atoms with Crippen LogP contribution in [0.1, 0.15) is 37.6 Å². The minimum atomic E-state index is -3.52. The van der Waals surface area contributed by atoms with Gasteiger partial charge in [0.05, 0.1) is 0 Å². The highest BCUT2D eigenvalue weighted by atomic mass is 32.2. The molecule has 21 heavy (non-hydrogen) atoms. The van der Waals surface area contributed by atoms with Crippen molar-refractivity contribution in [3.05, 3.63) is 11.5 Å². The first-order valence-corrected chi connectivity index (χ1v) is 9.04. The van der Waals surface area contributed by atoms with Gasteiger partial charge in [0.1, 0.15) is 10.6 Å². The number of hydrogen-bond acceptors (Lipinski definition) is 5. The molecule has 6 nitrogen and oxygen atoms in total. The average Bonchev–Trinajstić information content (AvgIpc) is 2.79. The third kappa shape index (κ3) is 3.64. The molecule has 2 heterocycles. The van der Waals surface area contributed by atoms with Gasteiger partial charge in [-0.25, -0.2) is 8.42 Å². The fraction of sp³-hybridized carbons (Fsp3) is 0.786. The van der Waals surface area contributed by atoms with Gasteiger partial charge in [-0.1, -0.05) is 12.1 Å². The Morgan fingerprint density at radius 3 is 2.52 bits per heavy atom. The molecule has 1 aliphatic heterocycles. The van der Waals surface area contributed by atoms with E-state index in [1.807, 2.05) is 6.92 Å². The van der Waals surface area contributed by atoms with Crippen molar-refractivity contribution in [1.82, 2.24) is 14.8 Å². The van der Waals surface area contributed by atoms with Crippen molar-refractivity contribution in [3.63, 3.8) is 0 Å². The molecule has 1 saturated heterocycles. The maximum absolute atomic E-state index is 12.9. The maximum Gasteiger partial charge on any atom is 0.248 e. The minimum absolute atomic E-state index is 0.241. The van der Waals surface area contributed by atoms with Gasteiger partial charge in [0.15, 0.2) is 5.76 Å². The van der Waals surface area contributed by atoms with Crippen LogP contribution in [-0.2, 0) is 10.0 Å². The number of nitrogens with one attached hydrogen (secondary N) is 1. The van der Waals surface area contributed by atoms with Crippen LogP contribution in [0.4, 0.5) is 0 Å². The number of piperidine rings is 1. The van der Waals surface area contributed by atoms with E-state index in [1.54, 1.807) is 18.2 Å². The summed E-state index contributed by atoms with van der Waals surface area (Å²) in [5.74, 6) is 0.798. The predicted octanol–water partition coefficient (Wildman–Crippen LogP) is 1.69. The summed E-state index contributed by atoms with van der Waals surface area (Å²) in [5, 5.41) is 7.09. The van der Waals surface area contributed by atoms with Crippen molar-refractivity contribution in [3.8, 4) is 0 Å². The first-order valence-electron chi connectivity index (χ1n) is 7.60. The second-order valence-electron chi connectivity index (χ2n) is 5.71. The molecule has 0 radical (unpaired) electrons. The van der Waals surface area contributed by atoms with Crippen LogP contribution in [0.5, 0.6) is 0 Å². The summed E-state index contributed by atoms with van der Waals surface area (Å²) in [5.41, 5.74) is 0.443. The Bertz CT molecular complexity index is 543. The zero-order valence-corrected chi connectivity index (χ0v) is 13.9. The van der Waals surface area contributed by atoms with Crippen LogP contribution in [0, 0.1) is 19.8 Å². The van der Waals surface area contributed by atoms with Crippen LogP contribution in [0.25, 0.3) is 0 Å². The first-order chi connectivity index (χ1) is 9.96. The molecule has 1 aromatic heterocycles. The normalized spacial score (nSPS) is 17.5. The van der Waals surface area contributed by atoms with E-state index in [1.165, 1.54) is 0 Å². The Morgan fingerprint density at radius 1 is 1.33 bits per heavy atom. The van der Waals surface area contributed by atoms with Crippen LogP contribution >= 0.6 is 0 Å². The number of nitrogens with zero attached hydrogens (tertiary/aromatic N) is 2. The lowest BCUT2D eigenvalue weighted by molar-refractivity contribution is 0.287. The van der Waals surface area contributed by atoms with Crippen molar-refractivity contribution >= 4 is 10.0 Å². The molecule has 1 aliphatic rings. The maximum atomic E-state index is 12.9. The number of hydrogen-bond donors (Lipinski definition) is 1. The fourth-order valence-electron chi connectivity index (χ4n) is 2.88. The Morgan fingerprint density at radius 2 is 2.00 bits per heavy atom. The minimum Gasteiger partial charge on any atom is -0.360 e.